The number of ether oxygens (including phenoxy) is 1. The van der Waals surface area contributed by atoms with Crippen molar-refractivity contribution in [3.05, 3.63) is 29.8 Å². The largest absolute Gasteiger partial charge is 0.497 e. The summed E-state index contributed by atoms with van der Waals surface area (Å²) in [6.07, 6.45) is 0. The molecule has 0 saturated heterocycles. The Balaban J connectivity index is 2.53. The fraction of sp³-hybridized carbons (Fsp3) is 0.500. The third-order valence-electron chi connectivity index (χ3n) is 2.64. The predicted octanol–water partition coefficient (Wildman–Crippen LogP) is 1.87. The molecule has 1 aromatic rings. The van der Waals surface area contributed by atoms with Crippen LogP contribution in [-0.4, -0.2) is 25.6 Å². The topological polar surface area (TPSA) is 50.4 Å². The fourth-order valence-electron chi connectivity index (χ4n) is 1.58. The molecule has 0 aliphatic carbocycles. The Morgan fingerprint density at radius 2 is 2.06 bits per heavy atom. The molecule has 0 unspecified atom stereocenters. The van der Waals surface area contributed by atoms with E-state index in [2.05, 4.69) is 10.6 Å². The van der Waals surface area contributed by atoms with Gasteiger partial charge in [0.1, 0.15) is 5.75 Å². The van der Waals surface area contributed by atoms with Crippen molar-refractivity contribution in [2.45, 2.75) is 32.9 Å². The van der Waals surface area contributed by atoms with E-state index in [0.29, 0.717) is 12.6 Å². The molecule has 100 valence electrons. The monoisotopic (exact) mass is 250 g/mol. The van der Waals surface area contributed by atoms with Gasteiger partial charge in [0.2, 0.25) is 5.91 Å². The minimum atomic E-state index is -0.0263. The first-order chi connectivity index (χ1) is 8.52. The van der Waals surface area contributed by atoms with E-state index >= 15 is 0 Å². The van der Waals surface area contributed by atoms with Gasteiger partial charge in [-0.25, -0.2) is 0 Å². The predicted molar refractivity (Wildman–Crippen MR) is 72.7 cm³/mol. The number of rotatable bonds is 6. The van der Waals surface area contributed by atoms with Crippen LogP contribution >= 0.6 is 0 Å². The summed E-state index contributed by atoms with van der Waals surface area (Å²) < 4.78 is 5.16. The van der Waals surface area contributed by atoms with E-state index in [1.165, 1.54) is 0 Å². The first-order valence-electron chi connectivity index (χ1n) is 6.19. The van der Waals surface area contributed by atoms with Crippen molar-refractivity contribution in [1.29, 1.82) is 0 Å². The van der Waals surface area contributed by atoms with E-state index in [0.717, 1.165) is 11.3 Å². The number of carbonyl (C=O) groups is 1. The van der Waals surface area contributed by atoms with Crippen LogP contribution in [0.2, 0.25) is 0 Å². The van der Waals surface area contributed by atoms with Gasteiger partial charge in [-0.05, 0) is 24.6 Å². The van der Waals surface area contributed by atoms with Crippen molar-refractivity contribution in [2.75, 3.05) is 13.7 Å². The van der Waals surface area contributed by atoms with E-state index in [9.17, 15) is 4.79 Å². The fourth-order valence-corrected chi connectivity index (χ4v) is 1.58. The maximum absolute atomic E-state index is 11.7. The highest BCUT2D eigenvalue weighted by atomic mass is 16.5. The van der Waals surface area contributed by atoms with E-state index in [1.54, 1.807) is 7.11 Å². The van der Waals surface area contributed by atoms with Crippen LogP contribution in [0, 0.1) is 0 Å². The number of amides is 1. The normalized spacial score (nSPS) is 12.3. The highest BCUT2D eigenvalue weighted by Crippen LogP contribution is 2.18. The van der Waals surface area contributed by atoms with Gasteiger partial charge in [-0.3, -0.25) is 4.79 Å². The second-order valence-corrected chi connectivity index (χ2v) is 4.60. The minimum Gasteiger partial charge on any atom is -0.497 e. The van der Waals surface area contributed by atoms with Crippen LogP contribution in [-0.2, 0) is 4.79 Å². The van der Waals surface area contributed by atoms with Crippen molar-refractivity contribution in [3.8, 4) is 5.75 Å². The molecule has 1 atom stereocenters. The van der Waals surface area contributed by atoms with Gasteiger partial charge in [0.25, 0.3) is 0 Å². The molecule has 0 saturated carbocycles. The SMILES string of the molecule is COc1cccc([C@H](C)NC(=O)CNC(C)C)c1. The Labute approximate surface area is 109 Å². The Morgan fingerprint density at radius 3 is 2.67 bits per heavy atom. The molecule has 0 fully saturated rings. The smallest absolute Gasteiger partial charge is 0.234 e. The van der Waals surface area contributed by atoms with Gasteiger partial charge in [0.15, 0.2) is 0 Å². The van der Waals surface area contributed by atoms with Gasteiger partial charge in [-0.2, -0.15) is 0 Å². The molecule has 4 heteroatoms. The summed E-state index contributed by atoms with van der Waals surface area (Å²) in [6.45, 7) is 6.32. The molecular weight excluding hydrogens is 228 g/mol. The summed E-state index contributed by atoms with van der Waals surface area (Å²) in [5.74, 6) is 0.799. The Bertz CT molecular complexity index is 391. The average Bonchev–Trinajstić information content (AvgIpc) is 2.36. The molecule has 1 rings (SSSR count). The van der Waals surface area contributed by atoms with Crippen molar-refractivity contribution < 1.29 is 9.53 Å². The van der Waals surface area contributed by atoms with Gasteiger partial charge < -0.3 is 15.4 Å². The maximum atomic E-state index is 11.7. The second-order valence-electron chi connectivity index (χ2n) is 4.60. The van der Waals surface area contributed by atoms with Crippen LogP contribution in [0.5, 0.6) is 5.75 Å². The Hall–Kier alpha value is -1.55. The lowest BCUT2D eigenvalue weighted by Gasteiger charge is -2.16. The minimum absolute atomic E-state index is 0.000908. The van der Waals surface area contributed by atoms with Gasteiger partial charge in [-0.15, -0.1) is 0 Å². The summed E-state index contributed by atoms with van der Waals surface area (Å²) in [6, 6.07) is 8.00. The standard InChI is InChI=1S/C14H22N2O2/c1-10(2)15-9-14(17)16-11(3)12-6-5-7-13(8-12)18-4/h5-8,10-11,15H,9H2,1-4H3,(H,16,17)/t11-/m0/s1. The van der Waals surface area contributed by atoms with Crippen molar-refractivity contribution in [1.82, 2.24) is 10.6 Å². The zero-order valence-electron chi connectivity index (χ0n) is 11.5. The third kappa shape index (κ3) is 4.75. The van der Waals surface area contributed by atoms with Crippen LogP contribution in [0.3, 0.4) is 0 Å². The molecule has 2 N–H and O–H groups in total. The zero-order chi connectivity index (χ0) is 13.5. The molecule has 18 heavy (non-hydrogen) atoms. The average molecular weight is 250 g/mol. The molecule has 0 aliphatic heterocycles. The van der Waals surface area contributed by atoms with E-state index in [4.69, 9.17) is 4.74 Å². The number of hydrogen-bond donors (Lipinski definition) is 2. The molecule has 1 aromatic carbocycles. The van der Waals surface area contributed by atoms with Crippen LogP contribution in [0.15, 0.2) is 24.3 Å². The van der Waals surface area contributed by atoms with Crippen LogP contribution < -0.4 is 15.4 Å². The Morgan fingerprint density at radius 1 is 1.33 bits per heavy atom. The zero-order valence-corrected chi connectivity index (χ0v) is 11.5. The summed E-state index contributed by atoms with van der Waals surface area (Å²) >= 11 is 0. The van der Waals surface area contributed by atoms with Crippen molar-refractivity contribution >= 4 is 5.91 Å². The van der Waals surface area contributed by atoms with Crippen LogP contribution in [0.1, 0.15) is 32.4 Å². The van der Waals surface area contributed by atoms with Gasteiger partial charge in [0, 0.05) is 6.04 Å². The van der Waals surface area contributed by atoms with Gasteiger partial charge in [0.05, 0.1) is 19.7 Å². The summed E-state index contributed by atoms with van der Waals surface area (Å²) in [7, 11) is 1.63. The number of methoxy groups -OCH3 is 1. The molecule has 0 radical (unpaired) electrons. The number of benzene rings is 1. The van der Waals surface area contributed by atoms with Gasteiger partial charge in [-0.1, -0.05) is 26.0 Å². The van der Waals surface area contributed by atoms with E-state index in [-0.39, 0.29) is 11.9 Å². The summed E-state index contributed by atoms with van der Waals surface area (Å²) in [5, 5.41) is 6.03. The van der Waals surface area contributed by atoms with Crippen LogP contribution in [0.4, 0.5) is 0 Å². The molecule has 0 bridgehead atoms. The lowest BCUT2D eigenvalue weighted by Crippen LogP contribution is -2.37. The summed E-state index contributed by atoms with van der Waals surface area (Å²) in [4.78, 5) is 11.7. The lowest BCUT2D eigenvalue weighted by atomic mass is 10.1. The molecular formula is C14H22N2O2. The molecule has 0 spiro atoms. The highest BCUT2D eigenvalue weighted by Gasteiger charge is 2.10. The molecule has 0 aromatic heterocycles. The second kappa shape index (κ2) is 7.01. The number of nitrogens with one attached hydrogen (secondary N) is 2. The third-order valence-corrected chi connectivity index (χ3v) is 2.64. The maximum Gasteiger partial charge on any atom is 0.234 e. The first kappa shape index (κ1) is 14.5. The summed E-state index contributed by atoms with van der Waals surface area (Å²) in [5.41, 5.74) is 1.03. The van der Waals surface area contributed by atoms with E-state index < -0.39 is 0 Å². The van der Waals surface area contributed by atoms with Crippen LogP contribution in [0.25, 0.3) is 0 Å². The van der Waals surface area contributed by atoms with Crippen molar-refractivity contribution in [3.63, 3.8) is 0 Å². The number of hydrogen-bond acceptors (Lipinski definition) is 3. The van der Waals surface area contributed by atoms with Crippen molar-refractivity contribution in [2.24, 2.45) is 0 Å². The number of carbonyl (C=O) groups excluding carboxylic acids is 1. The molecule has 0 heterocycles. The van der Waals surface area contributed by atoms with E-state index in [1.807, 2.05) is 45.0 Å². The molecule has 4 nitrogen and oxygen atoms in total. The quantitative estimate of drug-likeness (QED) is 0.810. The first-order valence-corrected chi connectivity index (χ1v) is 6.19. The Kier molecular flexibility index (Phi) is 5.65. The molecule has 0 aliphatic rings. The lowest BCUT2D eigenvalue weighted by molar-refractivity contribution is -0.121. The van der Waals surface area contributed by atoms with Gasteiger partial charge >= 0.3 is 0 Å². The molecule has 1 amide bonds. The highest BCUT2D eigenvalue weighted by molar-refractivity contribution is 5.78.